The zero-order valence-corrected chi connectivity index (χ0v) is 28.1. The van der Waals surface area contributed by atoms with Crippen LogP contribution in [0.4, 0.5) is 17.1 Å². The average molecular weight is 666 g/mol. The molecule has 3 aromatic heterocycles. The van der Waals surface area contributed by atoms with Gasteiger partial charge >= 0.3 is 0 Å². The first-order chi connectivity index (χ1) is 25.8. The Morgan fingerprint density at radius 3 is 1.52 bits per heavy atom. The number of nitrogens with zero attached hydrogens (tertiary/aromatic N) is 3. The highest BCUT2D eigenvalue weighted by atomic mass is 16.3. The molecular formula is C48H31N3O. The maximum atomic E-state index is 6.66. The van der Waals surface area contributed by atoms with Crippen molar-refractivity contribution in [2.75, 3.05) is 4.90 Å². The normalized spacial score (nSPS) is 11.8. The van der Waals surface area contributed by atoms with Crippen LogP contribution in [0.25, 0.3) is 76.9 Å². The lowest BCUT2D eigenvalue weighted by Crippen LogP contribution is -2.10. The minimum atomic E-state index is 0.863. The largest absolute Gasteiger partial charge is 0.454 e. The second kappa shape index (κ2) is 11.2. The fourth-order valence-corrected chi connectivity index (χ4v) is 8.24. The quantitative estimate of drug-likeness (QED) is 0.183. The fourth-order valence-electron chi connectivity index (χ4n) is 8.24. The van der Waals surface area contributed by atoms with Crippen molar-refractivity contribution in [2.24, 2.45) is 0 Å². The fraction of sp³-hybridized carbons (Fsp3) is 0. The number of anilines is 3. The highest BCUT2D eigenvalue weighted by Gasteiger charge is 2.22. The van der Waals surface area contributed by atoms with Crippen molar-refractivity contribution >= 4 is 82.6 Å². The first-order valence-electron chi connectivity index (χ1n) is 17.7. The van der Waals surface area contributed by atoms with Gasteiger partial charge in [-0.1, -0.05) is 103 Å². The first kappa shape index (κ1) is 28.8. The van der Waals surface area contributed by atoms with Gasteiger partial charge in [0.2, 0.25) is 0 Å². The molecule has 0 spiro atoms. The summed E-state index contributed by atoms with van der Waals surface area (Å²) in [5.74, 6) is 0. The van der Waals surface area contributed by atoms with Crippen LogP contribution in [0.1, 0.15) is 0 Å². The molecule has 0 bridgehead atoms. The molecule has 0 atom stereocenters. The van der Waals surface area contributed by atoms with Gasteiger partial charge in [-0.05, 0) is 84.9 Å². The Kier molecular flexibility index (Phi) is 6.22. The summed E-state index contributed by atoms with van der Waals surface area (Å²) >= 11 is 0. The van der Waals surface area contributed by atoms with Gasteiger partial charge in [-0.2, -0.15) is 0 Å². The third-order valence-corrected chi connectivity index (χ3v) is 10.5. The van der Waals surface area contributed by atoms with Crippen molar-refractivity contribution in [3.05, 3.63) is 188 Å². The standard InChI is InChI=1S/C48H31N3O/c1-2-13-32(14-3-1)50-44-22-10-6-17-38(44)41-31-35(29-30-45(41)50)49(46-23-12-19-40-39-18-7-11-24-47(39)52-48(40)46)33-25-27-34(28-26-33)51-42-20-8-4-15-36(42)37-16-5-9-21-43(37)51/h1-31H. The number of hydrogen-bond acceptors (Lipinski definition) is 2. The molecule has 0 radical (unpaired) electrons. The number of aromatic nitrogens is 2. The Morgan fingerprint density at radius 1 is 0.346 bits per heavy atom. The number of benzene rings is 8. The van der Waals surface area contributed by atoms with E-state index in [2.05, 4.69) is 196 Å². The van der Waals surface area contributed by atoms with Crippen LogP contribution in [0.15, 0.2) is 192 Å². The maximum Gasteiger partial charge on any atom is 0.159 e. The Hall–Kier alpha value is -7.04. The minimum Gasteiger partial charge on any atom is -0.454 e. The Labute approximate surface area is 299 Å². The molecule has 52 heavy (non-hydrogen) atoms. The number of rotatable bonds is 5. The summed E-state index contributed by atoms with van der Waals surface area (Å²) in [5, 5.41) is 7.13. The van der Waals surface area contributed by atoms with Crippen LogP contribution in [0.3, 0.4) is 0 Å². The Morgan fingerprint density at radius 2 is 0.846 bits per heavy atom. The molecular weight excluding hydrogens is 635 g/mol. The summed E-state index contributed by atoms with van der Waals surface area (Å²) in [6.07, 6.45) is 0. The summed E-state index contributed by atoms with van der Waals surface area (Å²) in [6.45, 7) is 0. The molecule has 244 valence electrons. The van der Waals surface area contributed by atoms with Crippen LogP contribution in [0.2, 0.25) is 0 Å². The lowest BCUT2D eigenvalue weighted by atomic mass is 10.1. The lowest BCUT2D eigenvalue weighted by molar-refractivity contribution is 0.669. The van der Waals surface area contributed by atoms with Crippen molar-refractivity contribution in [1.29, 1.82) is 0 Å². The molecule has 8 aromatic carbocycles. The van der Waals surface area contributed by atoms with Crippen LogP contribution in [0, 0.1) is 0 Å². The molecule has 0 aliphatic rings. The van der Waals surface area contributed by atoms with E-state index >= 15 is 0 Å². The Bertz CT molecular complexity index is 3080. The third kappa shape index (κ3) is 4.21. The Balaban J connectivity index is 1.15. The van der Waals surface area contributed by atoms with Gasteiger partial charge in [-0.15, -0.1) is 0 Å². The zero-order chi connectivity index (χ0) is 34.2. The highest BCUT2D eigenvalue weighted by molar-refractivity contribution is 6.13. The van der Waals surface area contributed by atoms with Crippen LogP contribution in [-0.2, 0) is 0 Å². The van der Waals surface area contributed by atoms with Crippen molar-refractivity contribution in [1.82, 2.24) is 9.13 Å². The number of hydrogen-bond donors (Lipinski definition) is 0. The van der Waals surface area contributed by atoms with Gasteiger partial charge < -0.3 is 18.5 Å². The smallest absolute Gasteiger partial charge is 0.159 e. The van der Waals surface area contributed by atoms with Gasteiger partial charge in [0, 0.05) is 55.1 Å². The van der Waals surface area contributed by atoms with E-state index in [1.165, 1.54) is 43.6 Å². The molecule has 0 aliphatic heterocycles. The second-order valence-electron chi connectivity index (χ2n) is 13.4. The van der Waals surface area contributed by atoms with Gasteiger partial charge in [-0.25, -0.2) is 0 Å². The topological polar surface area (TPSA) is 26.2 Å². The molecule has 11 aromatic rings. The zero-order valence-electron chi connectivity index (χ0n) is 28.1. The molecule has 0 saturated carbocycles. The van der Waals surface area contributed by atoms with E-state index in [1.807, 2.05) is 6.07 Å². The predicted molar refractivity (Wildman–Crippen MR) is 217 cm³/mol. The van der Waals surface area contributed by atoms with Gasteiger partial charge in [0.05, 0.1) is 27.8 Å². The van der Waals surface area contributed by atoms with E-state index in [9.17, 15) is 0 Å². The molecule has 11 rings (SSSR count). The second-order valence-corrected chi connectivity index (χ2v) is 13.4. The summed E-state index contributed by atoms with van der Waals surface area (Å²) < 4.78 is 11.4. The molecule has 3 heterocycles. The van der Waals surface area contributed by atoms with E-state index in [1.54, 1.807) is 0 Å². The maximum absolute atomic E-state index is 6.66. The van der Waals surface area contributed by atoms with Crippen LogP contribution >= 0.6 is 0 Å². The van der Waals surface area contributed by atoms with Gasteiger partial charge in [-0.3, -0.25) is 0 Å². The molecule has 0 N–H and O–H groups in total. The van der Waals surface area contributed by atoms with E-state index in [0.717, 1.165) is 50.4 Å². The average Bonchev–Trinajstić information content (AvgIpc) is 3.87. The van der Waals surface area contributed by atoms with Crippen LogP contribution < -0.4 is 4.90 Å². The molecule has 0 saturated heterocycles. The van der Waals surface area contributed by atoms with E-state index in [4.69, 9.17) is 4.42 Å². The SMILES string of the molecule is c1ccc(-n2c3ccccc3c3cc(N(c4ccc(-n5c6ccccc6c6ccccc65)cc4)c4cccc5c4oc4ccccc45)ccc32)cc1. The molecule has 4 nitrogen and oxygen atoms in total. The summed E-state index contributed by atoms with van der Waals surface area (Å²) in [6, 6.07) is 67.1. The van der Waals surface area contributed by atoms with Crippen LogP contribution in [-0.4, -0.2) is 9.13 Å². The van der Waals surface area contributed by atoms with Crippen molar-refractivity contribution in [2.45, 2.75) is 0 Å². The van der Waals surface area contributed by atoms with E-state index in [-0.39, 0.29) is 0 Å². The van der Waals surface area contributed by atoms with Gasteiger partial charge in [0.25, 0.3) is 0 Å². The number of furan rings is 1. The summed E-state index contributed by atoms with van der Waals surface area (Å²) in [5.41, 5.74) is 11.8. The molecule has 0 fully saturated rings. The van der Waals surface area contributed by atoms with Crippen molar-refractivity contribution in [3.63, 3.8) is 0 Å². The number of para-hydroxylation sites is 6. The van der Waals surface area contributed by atoms with Crippen molar-refractivity contribution in [3.8, 4) is 11.4 Å². The van der Waals surface area contributed by atoms with E-state index < -0.39 is 0 Å². The van der Waals surface area contributed by atoms with Gasteiger partial charge in [0.1, 0.15) is 5.58 Å². The lowest BCUT2D eigenvalue weighted by Gasteiger charge is -2.26. The summed E-state index contributed by atoms with van der Waals surface area (Å²) in [4.78, 5) is 2.34. The van der Waals surface area contributed by atoms with Crippen molar-refractivity contribution < 1.29 is 4.42 Å². The molecule has 4 heteroatoms. The first-order valence-corrected chi connectivity index (χ1v) is 17.7. The highest BCUT2D eigenvalue weighted by Crippen LogP contribution is 2.44. The molecule has 0 amide bonds. The molecule has 0 unspecified atom stereocenters. The van der Waals surface area contributed by atoms with Gasteiger partial charge in [0.15, 0.2) is 5.58 Å². The number of fused-ring (bicyclic) bond motifs is 9. The minimum absolute atomic E-state index is 0.863. The monoisotopic (exact) mass is 665 g/mol. The summed E-state index contributed by atoms with van der Waals surface area (Å²) in [7, 11) is 0. The third-order valence-electron chi connectivity index (χ3n) is 10.5. The van der Waals surface area contributed by atoms with Crippen LogP contribution in [0.5, 0.6) is 0 Å². The molecule has 0 aliphatic carbocycles. The predicted octanol–water partition coefficient (Wildman–Crippen LogP) is 13.2. The van der Waals surface area contributed by atoms with E-state index in [0.29, 0.717) is 0 Å².